The van der Waals surface area contributed by atoms with Gasteiger partial charge in [-0.3, -0.25) is 0 Å². The molecule has 1 aliphatic rings. The minimum Gasteiger partial charge on any atom is -0.207 e. The molecule has 0 heterocycles. The largest absolute Gasteiger partial charge is 0.207 e. The molecule has 0 N–H and O–H groups in total. The van der Waals surface area contributed by atoms with E-state index in [4.69, 9.17) is 0 Å². The van der Waals surface area contributed by atoms with Crippen LogP contribution in [0.2, 0.25) is 0 Å². The fourth-order valence-corrected chi connectivity index (χ4v) is 3.56. The Balaban J connectivity index is 2.40. The molecule has 0 aliphatic heterocycles. The van der Waals surface area contributed by atoms with Gasteiger partial charge in [0.15, 0.2) is 0 Å². The van der Waals surface area contributed by atoms with Crippen LogP contribution in [-0.4, -0.2) is 0 Å². The standard InChI is InChI=1S/C13H16BrF/c1-13(2)6-5-9-3-4-10(15)7-11(9)12(14)8-13/h3-4,7,12H,5-6,8H2,1-2H3. The number of hydrogen-bond acceptors (Lipinski definition) is 0. The molecule has 0 nitrogen and oxygen atoms in total. The maximum absolute atomic E-state index is 13.2. The van der Waals surface area contributed by atoms with Crippen molar-refractivity contribution in [1.82, 2.24) is 0 Å². The van der Waals surface area contributed by atoms with E-state index in [-0.39, 0.29) is 5.82 Å². The third-order valence-corrected chi connectivity index (χ3v) is 4.07. The first-order chi connectivity index (χ1) is 6.98. The van der Waals surface area contributed by atoms with Crippen LogP contribution in [0.3, 0.4) is 0 Å². The average Bonchev–Trinajstić information content (AvgIpc) is 2.24. The van der Waals surface area contributed by atoms with E-state index in [1.807, 2.05) is 6.07 Å². The molecular weight excluding hydrogens is 255 g/mol. The van der Waals surface area contributed by atoms with Gasteiger partial charge in [-0.2, -0.15) is 0 Å². The lowest BCUT2D eigenvalue weighted by atomic mass is 9.84. The number of alkyl halides is 1. The van der Waals surface area contributed by atoms with Crippen molar-refractivity contribution in [3.63, 3.8) is 0 Å². The summed E-state index contributed by atoms with van der Waals surface area (Å²) in [5, 5.41) is 0. The van der Waals surface area contributed by atoms with Gasteiger partial charge in [0, 0.05) is 4.83 Å². The van der Waals surface area contributed by atoms with Crippen molar-refractivity contribution in [2.45, 2.75) is 37.9 Å². The lowest BCUT2D eigenvalue weighted by Gasteiger charge is -2.23. The molecule has 0 spiro atoms. The summed E-state index contributed by atoms with van der Waals surface area (Å²) in [6.45, 7) is 4.56. The predicted octanol–water partition coefficient (Wildman–Crippen LogP) is 4.62. The summed E-state index contributed by atoms with van der Waals surface area (Å²) in [5.74, 6) is -0.127. The second kappa shape index (κ2) is 3.89. The van der Waals surface area contributed by atoms with Crippen LogP contribution in [0, 0.1) is 11.2 Å². The maximum Gasteiger partial charge on any atom is 0.123 e. The van der Waals surface area contributed by atoms with E-state index in [0.717, 1.165) is 18.4 Å². The fourth-order valence-electron chi connectivity index (χ4n) is 2.26. The van der Waals surface area contributed by atoms with Gasteiger partial charge < -0.3 is 0 Å². The third-order valence-electron chi connectivity index (χ3n) is 3.25. The number of fused-ring (bicyclic) bond motifs is 1. The first-order valence-corrected chi connectivity index (χ1v) is 6.32. The highest BCUT2D eigenvalue weighted by molar-refractivity contribution is 9.09. The van der Waals surface area contributed by atoms with Crippen molar-refractivity contribution in [2.75, 3.05) is 0 Å². The second-order valence-corrected chi connectivity index (χ2v) is 6.28. The highest BCUT2D eigenvalue weighted by atomic mass is 79.9. The molecule has 15 heavy (non-hydrogen) atoms. The number of hydrogen-bond donors (Lipinski definition) is 0. The van der Waals surface area contributed by atoms with E-state index >= 15 is 0 Å². The Morgan fingerprint density at radius 2 is 2.13 bits per heavy atom. The van der Waals surface area contributed by atoms with Crippen LogP contribution < -0.4 is 0 Å². The van der Waals surface area contributed by atoms with E-state index in [0.29, 0.717) is 10.2 Å². The molecule has 0 amide bonds. The quantitative estimate of drug-likeness (QED) is 0.477. The lowest BCUT2D eigenvalue weighted by Crippen LogP contribution is -2.11. The molecule has 0 bridgehead atoms. The van der Waals surface area contributed by atoms with Gasteiger partial charge in [-0.1, -0.05) is 35.8 Å². The third kappa shape index (κ3) is 2.41. The van der Waals surface area contributed by atoms with Crippen LogP contribution in [0.15, 0.2) is 18.2 Å². The Morgan fingerprint density at radius 1 is 1.40 bits per heavy atom. The van der Waals surface area contributed by atoms with E-state index in [1.165, 1.54) is 12.0 Å². The minimum absolute atomic E-state index is 0.127. The van der Waals surface area contributed by atoms with Crippen LogP contribution in [0.25, 0.3) is 0 Å². The highest BCUT2D eigenvalue weighted by Gasteiger charge is 2.28. The predicted molar refractivity (Wildman–Crippen MR) is 64.8 cm³/mol. The molecule has 1 unspecified atom stereocenters. The number of benzene rings is 1. The van der Waals surface area contributed by atoms with E-state index in [9.17, 15) is 4.39 Å². The van der Waals surface area contributed by atoms with Crippen molar-refractivity contribution in [3.8, 4) is 0 Å². The van der Waals surface area contributed by atoms with Crippen molar-refractivity contribution in [1.29, 1.82) is 0 Å². The first kappa shape index (κ1) is 11.1. The Hall–Kier alpha value is -0.370. The molecule has 82 valence electrons. The molecule has 1 aromatic rings. The molecule has 0 saturated carbocycles. The topological polar surface area (TPSA) is 0 Å². The zero-order valence-corrected chi connectivity index (χ0v) is 10.8. The van der Waals surface area contributed by atoms with E-state index in [1.54, 1.807) is 12.1 Å². The van der Waals surface area contributed by atoms with Crippen molar-refractivity contribution in [2.24, 2.45) is 5.41 Å². The van der Waals surface area contributed by atoms with Crippen LogP contribution in [-0.2, 0) is 6.42 Å². The van der Waals surface area contributed by atoms with Crippen LogP contribution >= 0.6 is 15.9 Å². The number of aryl methyl sites for hydroxylation is 1. The Morgan fingerprint density at radius 3 is 2.87 bits per heavy atom. The normalized spacial score (nSPS) is 24.4. The molecule has 0 fully saturated rings. The van der Waals surface area contributed by atoms with Crippen LogP contribution in [0.4, 0.5) is 4.39 Å². The molecule has 0 radical (unpaired) electrons. The van der Waals surface area contributed by atoms with Crippen molar-refractivity contribution in [3.05, 3.63) is 35.1 Å². The average molecular weight is 271 g/mol. The molecule has 1 aromatic carbocycles. The lowest BCUT2D eigenvalue weighted by molar-refractivity contribution is 0.316. The van der Waals surface area contributed by atoms with Gasteiger partial charge in [-0.25, -0.2) is 4.39 Å². The van der Waals surface area contributed by atoms with Gasteiger partial charge in [-0.15, -0.1) is 0 Å². The molecule has 2 heteroatoms. The summed E-state index contributed by atoms with van der Waals surface area (Å²) in [6, 6.07) is 5.17. The SMILES string of the molecule is CC1(C)CCc2ccc(F)cc2C(Br)C1. The Labute approximate surface area is 99.0 Å². The summed E-state index contributed by atoms with van der Waals surface area (Å²) in [4.78, 5) is 0.292. The summed E-state index contributed by atoms with van der Waals surface area (Å²) in [6.07, 6.45) is 3.31. The molecule has 1 aliphatic carbocycles. The van der Waals surface area contributed by atoms with Gasteiger partial charge in [0.05, 0.1) is 0 Å². The van der Waals surface area contributed by atoms with Gasteiger partial charge in [0.1, 0.15) is 5.82 Å². The van der Waals surface area contributed by atoms with Gasteiger partial charge >= 0.3 is 0 Å². The minimum atomic E-state index is -0.127. The van der Waals surface area contributed by atoms with Crippen molar-refractivity contribution >= 4 is 15.9 Å². The molecular formula is C13H16BrF. The zero-order valence-electron chi connectivity index (χ0n) is 9.19. The van der Waals surface area contributed by atoms with E-state index in [2.05, 4.69) is 29.8 Å². The highest BCUT2D eigenvalue weighted by Crippen LogP contribution is 2.43. The summed E-state index contributed by atoms with van der Waals surface area (Å²) in [7, 11) is 0. The summed E-state index contributed by atoms with van der Waals surface area (Å²) in [5.41, 5.74) is 2.77. The Bertz CT molecular complexity index is 371. The zero-order chi connectivity index (χ0) is 11.1. The molecule has 1 atom stereocenters. The molecule has 0 saturated heterocycles. The van der Waals surface area contributed by atoms with Gasteiger partial charge in [0.25, 0.3) is 0 Å². The van der Waals surface area contributed by atoms with E-state index < -0.39 is 0 Å². The summed E-state index contributed by atoms with van der Waals surface area (Å²) < 4.78 is 13.2. The van der Waals surface area contributed by atoms with Crippen LogP contribution in [0.5, 0.6) is 0 Å². The number of rotatable bonds is 0. The molecule has 2 rings (SSSR count). The first-order valence-electron chi connectivity index (χ1n) is 5.40. The Kier molecular flexibility index (Phi) is 2.89. The van der Waals surface area contributed by atoms with Crippen LogP contribution in [0.1, 0.15) is 42.6 Å². The molecule has 0 aromatic heterocycles. The smallest absolute Gasteiger partial charge is 0.123 e. The fraction of sp³-hybridized carbons (Fsp3) is 0.538. The number of halogens is 2. The van der Waals surface area contributed by atoms with Gasteiger partial charge in [-0.05, 0) is 47.9 Å². The summed E-state index contributed by atoms with van der Waals surface area (Å²) >= 11 is 3.68. The second-order valence-electron chi connectivity index (χ2n) is 5.18. The van der Waals surface area contributed by atoms with Crippen molar-refractivity contribution < 1.29 is 4.39 Å². The van der Waals surface area contributed by atoms with Gasteiger partial charge in [0.2, 0.25) is 0 Å². The monoisotopic (exact) mass is 270 g/mol. The maximum atomic E-state index is 13.2.